The van der Waals surface area contributed by atoms with Crippen LogP contribution < -0.4 is 0 Å². The van der Waals surface area contributed by atoms with Crippen LogP contribution in [0, 0.1) is 6.92 Å². The number of aryl methyl sites for hydroxylation is 1. The van der Waals surface area contributed by atoms with Gasteiger partial charge in [0.15, 0.2) is 0 Å². The van der Waals surface area contributed by atoms with Gasteiger partial charge < -0.3 is 0 Å². The molecular formula is C11H8Cl2S. The third-order valence-electron chi connectivity index (χ3n) is 2.03. The van der Waals surface area contributed by atoms with Crippen molar-refractivity contribution in [2.75, 3.05) is 0 Å². The molecule has 0 atom stereocenters. The zero-order valence-electron chi connectivity index (χ0n) is 7.55. The van der Waals surface area contributed by atoms with Gasteiger partial charge in [0.05, 0.1) is 0 Å². The molecule has 0 bridgehead atoms. The van der Waals surface area contributed by atoms with E-state index >= 15 is 0 Å². The fraction of sp³-hybridized carbons (Fsp3) is 0.0909. The number of hydrogen-bond donors (Lipinski definition) is 0. The minimum Gasteiger partial charge on any atom is -0.151 e. The van der Waals surface area contributed by atoms with E-state index in [2.05, 4.69) is 17.7 Å². The van der Waals surface area contributed by atoms with Crippen molar-refractivity contribution in [1.82, 2.24) is 0 Å². The van der Waals surface area contributed by atoms with Crippen molar-refractivity contribution in [1.29, 1.82) is 0 Å². The van der Waals surface area contributed by atoms with Gasteiger partial charge in [-0.15, -0.1) is 0 Å². The summed E-state index contributed by atoms with van der Waals surface area (Å²) >= 11 is 13.6. The summed E-state index contributed by atoms with van der Waals surface area (Å²) in [5, 5.41) is 5.58. The molecule has 0 spiro atoms. The number of halogens is 2. The second kappa shape index (κ2) is 3.93. The lowest BCUT2D eigenvalue weighted by Gasteiger charge is -2.02. The molecule has 0 aliphatic rings. The predicted molar refractivity (Wildman–Crippen MR) is 64.5 cm³/mol. The van der Waals surface area contributed by atoms with Crippen LogP contribution in [0.1, 0.15) is 5.56 Å². The standard InChI is InChI=1S/C11H8Cl2S/c1-7-5-14-6-11(7)8-2-9(12)4-10(13)3-8/h2-6H,1H3. The lowest BCUT2D eigenvalue weighted by molar-refractivity contribution is 1.53. The van der Waals surface area contributed by atoms with Crippen LogP contribution in [0.3, 0.4) is 0 Å². The molecule has 1 heterocycles. The molecule has 0 aliphatic carbocycles. The molecule has 0 amide bonds. The summed E-state index contributed by atoms with van der Waals surface area (Å²) in [5.41, 5.74) is 3.55. The van der Waals surface area contributed by atoms with Crippen molar-refractivity contribution in [3.63, 3.8) is 0 Å². The number of benzene rings is 1. The maximum Gasteiger partial charge on any atom is 0.0426 e. The minimum atomic E-state index is 0.679. The Kier molecular flexibility index (Phi) is 2.82. The molecule has 0 aliphatic heterocycles. The number of rotatable bonds is 1. The van der Waals surface area contributed by atoms with Crippen molar-refractivity contribution < 1.29 is 0 Å². The highest BCUT2D eigenvalue weighted by Gasteiger charge is 2.04. The molecule has 0 fully saturated rings. The van der Waals surface area contributed by atoms with Gasteiger partial charge in [0.25, 0.3) is 0 Å². The van der Waals surface area contributed by atoms with Crippen molar-refractivity contribution >= 4 is 34.5 Å². The van der Waals surface area contributed by atoms with Gasteiger partial charge >= 0.3 is 0 Å². The van der Waals surface area contributed by atoms with E-state index in [-0.39, 0.29) is 0 Å². The molecule has 2 aromatic rings. The topological polar surface area (TPSA) is 0 Å². The highest BCUT2D eigenvalue weighted by Crippen LogP contribution is 2.31. The largest absolute Gasteiger partial charge is 0.151 e. The second-order valence-corrected chi connectivity index (χ2v) is 4.74. The molecular weight excluding hydrogens is 235 g/mol. The van der Waals surface area contributed by atoms with Gasteiger partial charge in [-0.05, 0) is 52.6 Å². The van der Waals surface area contributed by atoms with Crippen molar-refractivity contribution in [3.05, 3.63) is 44.6 Å². The maximum absolute atomic E-state index is 5.94. The highest BCUT2D eigenvalue weighted by atomic mass is 35.5. The Morgan fingerprint density at radius 1 is 1.00 bits per heavy atom. The summed E-state index contributed by atoms with van der Waals surface area (Å²) in [6.07, 6.45) is 0. The fourth-order valence-electron chi connectivity index (χ4n) is 1.37. The van der Waals surface area contributed by atoms with Crippen LogP contribution >= 0.6 is 34.5 Å². The third kappa shape index (κ3) is 1.95. The maximum atomic E-state index is 5.94. The summed E-state index contributed by atoms with van der Waals surface area (Å²) in [6, 6.07) is 5.61. The predicted octanol–water partition coefficient (Wildman–Crippen LogP) is 5.03. The van der Waals surface area contributed by atoms with E-state index in [9.17, 15) is 0 Å². The summed E-state index contributed by atoms with van der Waals surface area (Å²) in [4.78, 5) is 0. The van der Waals surface area contributed by atoms with Crippen molar-refractivity contribution in [2.45, 2.75) is 6.92 Å². The number of thiophene rings is 1. The number of hydrogen-bond acceptors (Lipinski definition) is 1. The van der Waals surface area contributed by atoms with E-state index in [1.807, 2.05) is 12.1 Å². The van der Waals surface area contributed by atoms with Gasteiger partial charge in [-0.25, -0.2) is 0 Å². The molecule has 0 saturated heterocycles. The van der Waals surface area contributed by atoms with Crippen molar-refractivity contribution in [3.8, 4) is 11.1 Å². The summed E-state index contributed by atoms with van der Waals surface area (Å²) in [6.45, 7) is 2.08. The summed E-state index contributed by atoms with van der Waals surface area (Å²) in [7, 11) is 0. The SMILES string of the molecule is Cc1cscc1-c1cc(Cl)cc(Cl)c1. The van der Waals surface area contributed by atoms with Gasteiger partial charge in [0.1, 0.15) is 0 Å². The molecule has 0 radical (unpaired) electrons. The van der Waals surface area contributed by atoms with Crippen LogP contribution in [0.4, 0.5) is 0 Å². The van der Waals surface area contributed by atoms with Crippen LogP contribution in [0.15, 0.2) is 29.0 Å². The normalized spacial score (nSPS) is 10.5. The Hall–Kier alpha value is -0.500. The first-order chi connectivity index (χ1) is 6.66. The van der Waals surface area contributed by atoms with E-state index in [0.29, 0.717) is 10.0 Å². The van der Waals surface area contributed by atoms with Gasteiger partial charge in [0, 0.05) is 10.0 Å². The zero-order chi connectivity index (χ0) is 10.1. The van der Waals surface area contributed by atoms with Crippen molar-refractivity contribution in [2.24, 2.45) is 0 Å². The first-order valence-corrected chi connectivity index (χ1v) is 5.86. The van der Waals surface area contributed by atoms with Crippen LogP contribution in [0.25, 0.3) is 11.1 Å². The van der Waals surface area contributed by atoms with Gasteiger partial charge in [-0.1, -0.05) is 23.2 Å². The van der Waals surface area contributed by atoms with E-state index < -0.39 is 0 Å². The summed E-state index contributed by atoms with van der Waals surface area (Å²) in [5.74, 6) is 0. The van der Waals surface area contributed by atoms with Gasteiger partial charge in [-0.3, -0.25) is 0 Å². The second-order valence-electron chi connectivity index (χ2n) is 3.13. The van der Waals surface area contributed by atoms with Gasteiger partial charge in [-0.2, -0.15) is 11.3 Å². The molecule has 1 aromatic carbocycles. The van der Waals surface area contributed by atoms with Crippen LogP contribution in [-0.2, 0) is 0 Å². The molecule has 3 heteroatoms. The monoisotopic (exact) mass is 242 g/mol. The van der Waals surface area contributed by atoms with Gasteiger partial charge in [0.2, 0.25) is 0 Å². The Bertz CT molecular complexity index is 440. The lowest BCUT2D eigenvalue weighted by Crippen LogP contribution is -1.77. The molecule has 14 heavy (non-hydrogen) atoms. The average molecular weight is 243 g/mol. The summed E-state index contributed by atoms with van der Waals surface area (Å²) < 4.78 is 0. The molecule has 72 valence electrons. The quantitative estimate of drug-likeness (QED) is 0.658. The van der Waals surface area contributed by atoms with E-state index in [1.54, 1.807) is 17.4 Å². The Morgan fingerprint density at radius 3 is 2.14 bits per heavy atom. The first-order valence-electron chi connectivity index (χ1n) is 4.16. The van der Waals surface area contributed by atoms with E-state index in [0.717, 1.165) is 5.56 Å². The average Bonchev–Trinajstić information content (AvgIpc) is 2.49. The molecule has 2 rings (SSSR count). The Labute approximate surface area is 97.1 Å². The molecule has 0 unspecified atom stereocenters. The highest BCUT2D eigenvalue weighted by molar-refractivity contribution is 7.08. The Morgan fingerprint density at radius 2 is 1.64 bits per heavy atom. The lowest BCUT2D eigenvalue weighted by atomic mass is 10.1. The van der Waals surface area contributed by atoms with E-state index in [1.165, 1.54) is 11.1 Å². The van der Waals surface area contributed by atoms with Crippen LogP contribution in [0.5, 0.6) is 0 Å². The first kappa shape index (κ1) is 10.0. The smallest absolute Gasteiger partial charge is 0.0426 e. The fourth-order valence-corrected chi connectivity index (χ4v) is 2.75. The zero-order valence-corrected chi connectivity index (χ0v) is 9.88. The molecule has 0 N–H and O–H groups in total. The third-order valence-corrected chi connectivity index (χ3v) is 3.33. The molecule has 0 saturated carbocycles. The van der Waals surface area contributed by atoms with Crippen LogP contribution in [-0.4, -0.2) is 0 Å². The van der Waals surface area contributed by atoms with E-state index in [4.69, 9.17) is 23.2 Å². The van der Waals surface area contributed by atoms with Crippen LogP contribution in [0.2, 0.25) is 10.0 Å². The Balaban J connectivity index is 2.57. The molecule has 1 aromatic heterocycles. The minimum absolute atomic E-state index is 0.679. The molecule has 0 nitrogen and oxygen atoms in total.